The Bertz CT molecular complexity index is 1090. The van der Waals surface area contributed by atoms with Crippen LogP contribution in [-0.4, -0.2) is 29.5 Å². The number of anilines is 1. The summed E-state index contributed by atoms with van der Waals surface area (Å²) in [5.41, 5.74) is 1.51. The van der Waals surface area contributed by atoms with E-state index in [1.165, 1.54) is 12.1 Å². The third-order valence-electron chi connectivity index (χ3n) is 5.88. The number of alkyl halides is 5. The van der Waals surface area contributed by atoms with Crippen molar-refractivity contribution in [3.63, 3.8) is 0 Å². The van der Waals surface area contributed by atoms with E-state index in [1.807, 2.05) is 14.0 Å². The average molecular weight is 478 g/mol. The summed E-state index contributed by atoms with van der Waals surface area (Å²) >= 11 is 0. The maximum Gasteiger partial charge on any atom is 0.416 e. The standard InChI is InChI=1S/C26H28F5N3/c1-16(2)21(14-20-7-6-12-34(20)5)17(3)33-23-10-9-19(26(29,30)31)13-22(23)18-8-11-24(32-15-18)25(4,27)28/h8-11,13-15,20,33H,1,3,6-7,12H2,2,4-5H3/b21-14+. The zero-order valence-corrected chi connectivity index (χ0v) is 19.4. The molecule has 1 unspecified atom stereocenters. The van der Waals surface area contributed by atoms with Crippen molar-refractivity contribution in [1.82, 2.24) is 9.88 Å². The molecule has 0 radical (unpaired) electrons. The largest absolute Gasteiger partial charge is 0.416 e. The number of rotatable bonds is 7. The van der Waals surface area contributed by atoms with Crippen molar-refractivity contribution in [2.45, 2.75) is 44.8 Å². The first-order valence-corrected chi connectivity index (χ1v) is 10.9. The second-order valence-corrected chi connectivity index (χ2v) is 8.73. The first kappa shape index (κ1) is 25.6. The predicted molar refractivity (Wildman–Crippen MR) is 126 cm³/mol. The lowest BCUT2D eigenvalue weighted by Crippen LogP contribution is -2.23. The quantitative estimate of drug-likeness (QED) is 0.333. The molecule has 2 heterocycles. The van der Waals surface area contributed by atoms with E-state index in [9.17, 15) is 22.0 Å². The Morgan fingerprint density at radius 1 is 1.15 bits per heavy atom. The van der Waals surface area contributed by atoms with Crippen LogP contribution in [0.5, 0.6) is 0 Å². The van der Waals surface area contributed by atoms with E-state index >= 15 is 0 Å². The Kier molecular flexibility index (Phi) is 7.31. The van der Waals surface area contributed by atoms with Gasteiger partial charge in [0.15, 0.2) is 0 Å². The molecule has 1 aliphatic heterocycles. The van der Waals surface area contributed by atoms with Crippen LogP contribution in [0.3, 0.4) is 0 Å². The van der Waals surface area contributed by atoms with Crippen molar-refractivity contribution in [2.75, 3.05) is 18.9 Å². The first-order chi connectivity index (χ1) is 15.8. The SMILES string of the molecule is C=C(C)/C(=C\C1CCCN1C)C(=C)Nc1ccc(C(F)(F)F)cc1-c1ccc(C(C)(F)F)nc1. The zero-order chi connectivity index (χ0) is 25.3. The monoisotopic (exact) mass is 477 g/mol. The number of hydrogen-bond acceptors (Lipinski definition) is 3. The van der Waals surface area contributed by atoms with Gasteiger partial charge in [0.25, 0.3) is 5.92 Å². The third-order valence-corrected chi connectivity index (χ3v) is 5.88. The molecule has 0 bridgehead atoms. The van der Waals surface area contributed by atoms with Crippen LogP contribution in [0.4, 0.5) is 27.6 Å². The van der Waals surface area contributed by atoms with Crippen molar-refractivity contribution in [3.05, 3.63) is 83.9 Å². The minimum absolute atomic E-state index is 0.175. The normalized spacial score (nSPS) is 17.6. The number of halogens is 5. The molecular weight excluding hydrogens is 449 g/mol. The van der Waals surface area contributed by atoms with Crippen LogP contribution < -0.4 is 5.32 Å². The zero-order valence-electron chi connectivity index (χ0n) is 19.4. The summed E-state index contributed by atoms with van der Waals surface area (Å²) in [7, 11) is 2.03. The summed E-state index contributed by atoms with van der Waals surface area (Å²) in [5, 5.41) is 3.12. The Balaban J connectivity index is 2.01. The van der Waals surface area contributed by atoms with E-state index in [-0.39, 0.29) is 17.2 Å². The highest BCUT2D eigenvalue weighted by Gasteiger charge is 2.32. The van der Waals surface area contributed by atoms with Gasteiger partial charge in [-0.05, 0) is 68.8 Å². The van der Waals surface area contributed by atoms with Gasteiger partial charge in [-0.2, -0.15) is 22.0 Å². The molecule has 1 aromatic heterocycles. The molecule has 2 aromatic rings. The molecule has 1 saturated heterocycles. The number of likely N-dealkylation sites (tertiary alicyclic amines) is 1. The average Bonchev–Trinajstić information content (AvgIpc) is 3.15. The number of nitrogens with one attached hydrogen (secondary N) is 1. The number of likely N-dealkylation sites (N-methyl/N-ethyl adjacent to an activating group) is 1. The lowest BCUT2D eigenvalue weighted by molar-refractivity contribution is -0.137. The Morgan fingerprint density at radius 3 is 2.35 bits per heavy atom. The number of aromatic nitrogens is 1. The van der Waals surface area contributed by atoms with Gasteiger partial charge in [0.1, 0.15) is 5.69 Å². The molecular formula is C26H28F5N3. The Hall–Kier alpha value is -3.00. The number of benzene rings is 1. The van der Waals surface area contributed by atoms with E-state index in [4.69, 9.17) is 0 Å². The minimum atomic E-state index is -4.57. The summed E-state index contributed by atoms with van der Waals surface area (Å²) in [6, 6.07) is 5.92. The van der Waals surface area contributed by atoms with Crippen LogP contribution in [0, 0.1) is 0 Å². The molecule has 0 amide bonds. The summed E-state index contributed by atoms with van der Waals surface area (Å²) in [6.45, 7) is 11.7. The number of nitrogens with zero attached hydrogens (tertiary/aromatic N) is 2. The molecule has 1 N–H and O–H groups in total. The number of allylic oxidation sites excluding steroid dienone is 1. The lowest BCUT2D eigenvalue weighted by atomic mass is 9.99. The van der Waals surface area contributed by atoms with Gasteiger partial charge in [0.2, 0.25) is 0 Å². The van der Waals surface area contributed by atoms with Crippen molar-refractivity contribution in [1.29, 1.82) is 0 Å². The highest BCUT2D eigenvalue weighted by atomic mass is 19.4. The van der Waals surface area contributed by atoms with E-state index in [1.54, 1.807) is 0 Å². The van der Waals surface area contributed by atoms with Crippen LogP contribution in [-0.2, 0) is 12.1 Å². The van der Waals surface area contributed by atoms with Crippen molar-refractivity contribution in [2.24, 2.45) is 0 Å². The maximum absolute atomic E-state index is 13.6. The molecule has 182 valence electrons. The number of pyridine rings is 1. The topological polar surface area (TPSA) is 28.2 Å². The lowest BCUT2D eigenvalue weighted by Gasteiger charge is -2.21. The molecule has 1 fully saturated rings. The van der Waals surface area contributed by atoms with Crippen molar-refractivity contribution >= 4 is 5.69 Å². The van der Waals surface area contributed by atoms with Crippen LogP contribution in [0.2, 0.25) is 0 Å². The van der Waals surface area contributed by atoms with Gasteiger partial charge < -0.3 is 5.32 Å². The fourth-order valence-corrected chi connectivity index (χ4v) is 3.95. The third kappa shape index (κ3) is 5.91. The summed E-state index contributed by atoms with van der Waals surface area (Å²) in [4.78, 5) is 5.98. The van der Waals surface area contributed by atoms with Gasteiger partial charge in [-0.15, -0.1) is 0 Å². The van der Waals surface area contributed by atoms with Crippen LogP contribution in [0.1, 0.15) is 37.9 Å². The molecule has 1 aliphatic rings. The first-order valence-electron chi connectivity index (χ1n) is 10.9. The minimum Gasteiger partial charge on any atom is -0.355 e. The highest BCUT2D eigenvalue weighted by molar-refractivity contribution is 5.80. The van der Waals surface area contributed by atoms with Crippen LogP contribution in [0.25, 0.3) is 11.1 Å². The maximum atomic E-state index is 13.6. The molecule has 0 aliphatic carbocycles. The van der Waals surface area contributed by atoms with Crippen LogP contribution in [0.15, 0.2) is 72.6 Å². The summed E-state index contributed by atoms with van der Waals surface area (Å²) in [6.07, 6.45) is 0.716. The van der Waals surface area contributed by atoms with Crippen molar-refractivity contribution in [3.8, 4) is 11.1 Å². The van der Waals surface area contributed by atoms with Gasteiger partial charge in [-0.1, -0.05) is 25.3 Å². The van der Waals surface area contributed by atoms with Gasteiger partial charge in [-0.25, -0.2) is 0 Å². The van der Waals surface area contributed by atoms with E-state index < -0.39 is 23.4 Å². The van der Waals surface area contributed by atoms with Gasteiger partial charge >= 0.3 is 6.18 Å². The number of hydrogen-bond donors (Lipinski definition) is 1. The molecule has 0 saturated carbocycles. The Morgan fingerprint density at radius 2 is 1.85 bits per heavy atom. The Labute approximate surface area is 196 Å². The van der Waals surface area contributed by atoms with Gasteiger partial charge in [-0.3, -0.25) is 9.88 Å². The van der Waals surface area contributed by atoms with Crippen molar-refractivity contribution < 1.29 is 22.0 Å². The van der Waals surface area contributed by atoms with E-state index in [2.05, 4.69) is 34.4 Å². The van der Waals surface area contributed by atoms with Gasteiger partial charge in [0.05, 0.1) is 5.56 Å². The smallest absolute Gasteiger partial charge is 0.355 e. The molecule has 34 heavy (non-hydrogen) atoms. The fourth-order valence-electron chi connectivity index (χ4n) is 3.95. The predicted octanol–water partition coefficient (Wildman–Crippen LogP) is 7.40. The summed E-state index contributed by atoms with van der Waals surface area (Å²) < 4.78 is 67.4. The molecule has 1 atom stereocenters. The summed E-state index contributed by atoms with van der Waals surface area (Å²) in [5.74, 6) is -3.16. The van der Waals surface area contributed by atoms with Crippen LogP contribution >= 0.6 is 0 Å². The highest BCUT2D eigenvalue weighted by Crippen LogP contribution is 2.38. The van der Waals surface area contributed by atoms with E-state index in [0.29, 0.717) is 18.3 Å². The molecule has 8 heteroatoms. The molecule has 1 aromatic carbocycles. The second-order valence-electron chi connectivity index (χ2n) is 8.73. The second kappa shape index (κ2) is 9.70. The van der Waals surface area contributed by atoms with Gasteiger partial charge in [0, 0.05) is 41.7 Å². The molecule has 3 nitrogen and oxygen atoms in total. The fraction of sp³-hybridized carbons (Fsp3) is 0.346. The molecule has 3 rings (SSSR count). The van der Waals surface area contributed by atoms with E-state index in [0.717, 1.165) is 54.9 Å². The molecule has 0 spiro atoms.